The fourth-order valence-electron chi connectivity index (χ4n) is 1.06. The highest BCUT2D eigenvalue weighted by Gasteiger charge is 1.98. The van der Waals surface area contributed by atoms with Gasteiger partial charge in [0.05, 0.1) is 5.88 Å². The van der Waals surface area contributed by atoms with E-state index in [-0.39, 0.29) is 0 Å². The molecule has 0 atom stereocenters. The summed E-state index contributed by atoms with van der Waals surface area (Å²) in [5, 5.41) is 1.27. The van der Waals surface area contributed by atoms with Gasteiger partial charge in [-0.3, -0.25) is 0 Å². The van der Waals surface area contributed by atoms with Gasteiger partial charge in [-0.2, -0.15) is 0 Å². The maximum atomic E-state index is 5.58. The first-order valence-electron chi connectivity index (χ1n) is 3.32. The normalized spacial score (nSPS) is 10.6. The molecule has 2 rings (SSSR count). The van der Waals surface area contributed by atoms with E-state index in [1.165, 1.54) is 10.1 Å². The summed E-state index contributed by atoms with van der Waals surface area (Å²) in [6.07, 6.45) is 0. The molecule has 1 radical (unpaired) electrons. The Morgan fingerprint density at radius 1 is 1.27 bits per heavy atom. The van der Waals surface area contributed by atoms with E-state index in [0.29, 0.717) is 0 Å². The molecule has 0 N–H and O–H groups in total. The van der Waals surface area contributed by atoms with Gasteiger partial charge in [-0.25, -0.2) is 0 Å². The van der Waals surface area contributed by atoms with Gasteiger partial charge in [-0.05, 0) is 17.5 Å². The van der Waals surface area contributed by atoms with Crippen LogP contribution in [0.15, 0.2) is 30.3 Å². The molecule has 0 fully saturated rings. The van der Waals surface area contributed by atoms with Crippen LogP contribution in [0.5, 0.6) is 0 Å². The zero-order valence-corrected chi connectivity index (χ0v) is 7.32. The Hall–Kier alpha value is -0.530. The van der Waals surface area contributed by atoms with Gasteiger partial charge in [0.15, 0.2) is 0 Å². The maximum Gasteiger partial charge on any atom is 0.0891 e. The number of hydrogen-bond acceptors (Lipinski definition) is 1. The van der Waals surface area contributed by atoms with Crippen molar-refractivity contribution in [3.63, 3.8) is 0 Å². The standard InChI is InChI=1S/C9H6ClS/c10-6-8-5-7-3-1-2-4-9(7)11-8/h1-6H. The topological polar surface area (TPSA) is 0 Å². The third kappa shape index (κ3) is 1.26. The van der Waals surface area contributed by atoms with E-state index < -0.39 is 0 Å². The molecule has 0 saturated carbocycles. The molecule has 0 aliphatic heterocycles. The molecule has 1 aromatic carbocycles. The van der Waals surface area contributed by atoms with Crippen LogP contribution in [0.1, 0.15) is 4.88 Å². The number of benzene rings is 1. The quantitative estimate of drug-likeness (QED) is 0.630. The van der Waals surface area contributed by atoms with E-state index in [9.17, 15) is 0 Å². The zero-order valence-electron chi connectivity index (χ0n) is 5.75. The second-order valence-corrected chi connectivity index (χ2v) is 3.63. The third-order valence-corrected chi connectivity index (χ3v) is 2.98. The Bertz CT molecular complexity index is 331. The molecule has 0 saturated heterocycles. The lowest BCUT2D eigenvalue weighted by Crippen LogP contribution is -1.58. The summed E-state index contributed by atoms with van der Waals surface area (Å²) in [6.45, 7) is 0. The van der Waals surface area contributed by atoms with Crippen molar-refractivity contribution in [1.29, 1.82) is 0 Å². The summed E-state index contributed by atoms with van der Waals surface area (Å²) in [5.41, 5.74) is 0. The number of fused-ring (bicyclic) bond motifs is 1. The van der Waals surface area contributed by atoms with Crippen LogP contribution in [0.2, 0.25) is 0 Å². The Morgan fingerprint density at radius 3 is 2.82 bits per heavy atom. The van der Waals surface area contributed by atoms with E-state index in [0.717, 1.165) is 4.88 Å². The smallest absolute Gasteiger partial charge is 0.0891 e. The van der Waals surface area contributed by atoms with Gasteiger partial charge < -0.3 is 0 Å². The lowest BCUT2D eigenvalue weighted by Gasteiger charge is -1.82. The average molecular weight is 182 g/mol. The zero-order chi connectivity index (χ0) is 7.68. The Labute approximate surface area is 74.4 Å². The van der Waals surface area contributed by atoms with Crippen LogP contribution in [0.3, 0.4) is 0 Å². The molecule has 2 heteroatoms. The number of halogens is 1. The molecule has 0 bridgehead atoms. The van der Waals surface area contributed by atoms with Crippen LogP contribution in [-0.4, -0.2) is 0 Å². The van der Waals surface area contributed by atoms with Crippen molar-refractivity contribution < 1.29 is 0 Å². The molecule has 1 heterocycles. The van der Waals surface area contributed by atoms with Crippen LogP contribution in [0.4, 0.5) is 0 Å². The lowest BCUT2D eigenvalue weighted by atomic mass is 10.2. The monoisotopic (exact) mass is 181 g/mol. The minimum absolute atomic E-state index is 1.12. The van der Waals surface area contributed by atoms with Crippen molar-refractivity contribution in [2.24, 2.45) is 0 Å². The number of rotatable bonds is 1. The molecule has 0 spiro atoms. The molecule has 0 amide bonds. The number of thiophene rings is 1. The largest absolute Gasteiger partial charge is 0.139 e. The second kappa shape index (κ2) is 2.84. The summed E-state index contributed by atoms with van der Waals surface area (Å²) >= 11 is 7.29. The van der Waals surface area contributed by atoms with E-state index >= 15 is 0 Å². The molecule has 0 aliphatic rings. The van der Waals surface area contributed by atoms with Crippen LogP contribution < -0.4 is 0 Å². The van der Waals surface area contributed by atoms with Crippen molar-refractivity contribution in [2.75, 3.05) is 0 Å². The van der Waals surface area contributed by atoms with Crippen molar-refractivity contribution in [3.05, 3.63) is 41.1 Å². The highest BCUT2D eigenvalue weighted by Crippen LogP contribution is 2.26. The van der Waals surface area contributed by atoms with Gasteiger partial charge in [-0.15, -0.1) is 22.9 Å². The summed E-state index contributed by atoms with van der Waals surface area (Å²) in [5.74, 6) is 1.62. The SMILES string of the molecule is Cl[CH]c1cc2ccccc2s1. The Morgan fingerprint density at radius 2 is 2.09 bits per heavy atom. The van der Waals surface area contributed by atoms with Crippen LogP contribution in [0.25, 0.3) is 10.1 Å². The van der Waals surface area contributed by atoms with E-state index in [1.54, 1.807) is 17.2 Å². The summed E-state index contributed by atoms with van der Waals surface area (Å²) < 4.78 is 1.29. The predicted molar refractivity (Wildman–Crippen MR) is 51.1 cm³/mol. The van der Waals surface area contributed by atoms with Gasteiger partial charge >= 0.3 is 0 Å². The van der Waals surface area contributed by atoms with Crippen LogP contribution in [0, 0.1) is 5.88 Å². The van der Waals surface area contributed by atoms with Crippen molar-refractivity contribution in [3.8, 4) is 0 Å². The fourth-order valence-corrected chi connectivity index (χ4v) is 2.13. The molecule has 55 valence electrons. The van der Waals surface area contributed by atoms with Gasteiger partial charge in [0.2, 0.25) is 0 Å². The molecule has 2 aromatic rings. The molecular formula is C9H6ClS. The molecular weight excluding hydrogens is 176 g/mol. The summed E-state index contributed by atoms with van der Waals surface area (Å²) in [7, 11) is 0. The molecule has 1 aromatic heterocycles. The molecule has 0 unspecified atom stereocenters. The van der Waals surface area contributed by atoms with Gasteiger partial charge in [-0.1, -0.05) is 18.2 Å². The van der Waals surface area contributed by atoms with Gasteiger partial charge in [0.1, 0.15) is 0 Å². The van der Waals surface area contributed by atoms with Crippen molar-refractivity contribution in [2.45, 2.75) is 0 Å². The first-order chi connectivity index (χ1) is 5.40. The van der Waals surface area contributed by atoms with E-state index in [2.05, 4.69) is 18.2 Å². The van der Waals surface area contributed by atoms with Crippen molar-refractivity contribution >= 4 is 33.0 Å². The first-order valence-corrected chi connectivity index (χ1v) is 4.57. The minimum Gasteiger partial charge on any atom is -0.139 e. The van der Waals surface area contributed by atoms with E-state index in [1.807, 2.05) is 12.1 Å². The Kier molecular flexibility index (Phi) is 1.84. The third-order valence-electron chi connectivity index (χ3n) is 1.55. The van der Waals surface area contributed by atoms with Crippen LogP contribution >= 0.6 is 22.9 Å². The van der Waals surface area contributed by atoms with Crippen LogP contribution in [-0.2, 0) is 0 Å². The highest BCUT2D eigenvalue weighted by molar-refractivity contribution is 7.19. The maximum absolute atomic E-state index is 5.58. The van der Waals surface area contributed by atoms with E-state index in [4.69, 9.17) is 11.6 Å². The summed E-state index contributed by atoms with van der Waals surface area (Å²) in [6, 6.07) is 10.4. The Balaban J connectivity index is 2.69. The summed E-state index contributed by atoms with van der Waals surface area (Å²) in [4.78, 5) is 1.12. The average Bonchev–Trinajstić information content (AvgIpc) is 2.46. The molecule has 0 aliphatic carbocycles. The van der Waals surface area contributed by atoms with Gasteiger partial charge in [0.25, 0.3) is 0 Å². The lowest BCUT2D eigenvalue weighted by molar-refractivity contribution is 1.82. The molecule has 11 heavy (non-hydrogen) atoms. The highest BCUT2D eigenvalue weighted by atomic mass is 35.5. The number of hydrogen-bond donors (Lipinski definition) is 0. The fraction of sp³-hybridized carbons (Fsp3) is 0. The molecule has 0 nitrogen and oxygen atoms in total. The second-order valence-electron chi connectivity index (χ2n) is 2.30. The van der Waals surface area contributed by atoms with Gasteiger partial charge in [0, 0.05) is 9.58 Å². The first kappa shape index (κ1) is 7.14. The van der Waals surface area contributed by atoms with Crippen molar-refractivity contribution in [1.82, 2.24) is 0 Å². The predicted octanol–water partition coefficient (Wildman–Crippen LogP) is 3.65. The minimum atomic E-state index is 1.12.